The molecule has 1 aromatic carbocycles. The molecule has 0 radical (unpaired) electrons. The van der Waals surface area contributed by atoms with Crippen molar-refractivity contribution in [1.29, 1.82) is 0 Å². The van der Waals surface area contributed by atoms with E-state index in [-0.39, 0.29) is 5.82 Å². The first-order valence-electron chi connectivity index (χ1n) is 6.34. The fraction of sp³-hybridized carbons (Fsp3) is 0.267. The van der Waals surface area contributed by atoms with Gasteiger partial charge in [-0.1, -0.05) is 31.2 Å². The van der Waals surface area contributed by atoms with Gasteiger partial charge in [0.15, 0.2) is 0 Å². The van der Waals surface area contributed by atoms with Gasteiger partial charge in [-0.05, 0) is 29.7 Å². The van der Waals surface area contributed by atoms with Crippen LogP contribution in [0.1, 0.15) is 23.6 Å². The van der Waals surface area contributed by atoms with E-state index in [0.29, 0.717) is 6.54 Å². The number of aromatic nitrogens is 1. The molecule has 0 fully saturated rings. The molecular formula is C15H15F3N2. The van der Waals surface area contributed by atoms with Gasteiger partial charge in [-0.15, -0.1) is 0 Å². The molecule has 0 saturated heterocycles. The number of rotatable bonds is 4. The van der Waals surface area contributed by atoms with Crippen molar-refractivity contribution in [3.05, 3.63) is 59.3 Å². The molecule has 20 heavy (non-hydrogen) atoms. The topological polar surface area (TPSA) is 24.9 Å². The lowest BCUT2D eigenvalue weighted by molar-refractivity contribution is -0.137. The smallest absolute Gasteiger partial charge is 0.366 e. The van der Waals surface area contributed by atoms with Crippen LogP contribution in [0.25, 0.3) is 0 Å². The highest BCUT2D eigenvalue weighted by Gasteiger charge is 2.30. The summed E-state index contributed by atoms with van der Waals surface area (Å²) in [6.45, 7) is 2.50. The maximum atomic E-state index is 12.6. The second kappa shape index (κ2) is 5.94. The number of alkyl halides is 3. The van der Waals surface area contributed by atoms with Crippen molar-refractivity contribution in [3.8, 4) is 0 Å². The summed E-state index contributed by atoms with van der Waals surface area (Å²) in [4.78, 5) is 3.91. The second-order valence-corrected chi connectivity index (χ2v) is 4.40. The second-order valence-electron chi connectivity index (χ2n) is 4.40. The van der Waals surface area contributed by atoms with E-state index in [1.165, 1.54) is 5.56 Å². The molecule has 0 bridgehead atoms. The van der Waals surface area contributed by atoms with Crippen LogP contribution in [0, 0.1) is 0 Å². The van der Waals surface area contributed by atoms with Crippen molar-refractivity contribution in [2.75, 3.05) is 5.32 Å². The highest BCUT2D eigenvalue weighted by atomic mass is 19.4. The third-order valence-corrected chi connectivity index (χ3v) is 3.05. The number of benzene rings is 1. The molecule has 0 aliphatic carbocycles. The summed E-state index contributed by atoms with van der Waals surface area (Å²) in [7, 11) is 0. The van der Waals surface area contributed by atoms with Crippen LogP contribution in [0.3, 0.4) is 0 Å². The van der Waals surface area contributed by atoms with Crippen molar-refractivity contribution in [1.82, 2.24) is 4.98 Å². The van der Waals surface area contributed by atoms with Gasteiger partial charge in [0.25, 0.3) is 0 Å². The van der Waals surface area contributed by atoms with E-state index in [4.69, 9.17) is 0 Å². The highest BCUT2D eigenvalue weighted by molar-refractivity contribution is 5.40. The largest absolute Gasteiger partial charge is 0.416 e. The molecule has 2 nitrogen and oxygen atoms in total. The molecule has 0 spiro atoms. The normalized spacial score (nSPS) is 11.4. The number of aryl methyl sites for hydroxylation is 1. The van der Waals surface area contributed by atoms with Gasteiger partial charge >= 0.3 is 6.18 Å². The highest BCUT2D eigenvalue weighted by Crippen LogP contribution is 2.30. The number of hydrogen-bond acceptors (Lipinski definition) is 2. The Balaban J connectivity index is 2.11. The van der Waals surface area contributed by atoms with Crippen LogP contribution in [0.5, 0.6) is 0 Å². The zero-order chi connectivity index (χ0) is 14.6. The number of pyridine rings is 1. The third kappa shape index (κ3) is 3.50. The van der Waals surface area contributed by atoms with E-state index >= 15 is 0 Å². The van der Waals surface area contributed by atoms with Crippen molar-refractivity contribution in [2.45, 2.75) is 26.1 Å². The minimum Gasteiger partial charge on any atom is -0.366 e. The first kappa shape index (κ1) is 14.4. The van der Waals surface area contributed by atoms with Crippen LogP contribution in [0.15, 0.2) is 42.6 Å². The predicted octanol–water partition coefficient (Wildman–Crippen LogP) is 4.27. The molecule has 0 atom stereocenters. The fourth-order valence-corrected chi connectivity index (χ4v) is 1.96. The Kier molecular flexibility index (Phi) is 4.27. The summed E-state index contributed by atoms with van der Waals surface area (Å²) in [5.41, 5.74) is 1.54. The third-order valence-electron chi connectivity index (χ3n) is 3.05. The minimum absolute atomic E-state index is 0.228. The lowest BCUT2D eigenvalue weighted by atomic mass is 10.1. The number of nitrogens with one attached hydrogen (secondary N) is 1. The standard InChI is InChI=1S/C15H15F3N2/c1-2-11-5-3-4-6-12(11)10-20-14-9-13(7-8-19-14)15(16,17)18/h3-9H,2,10H2,1H3,(H,19,20). The van der Waals surface area contributed by atoms with Crippen molar-refractivity contribution >= 4 is 5.82 Å². The molecule has 0 aliphatic rings. The Morgan fingerprint density at radius 3 is 2.45 bits per heavy atom. The number of halogens is 3. The Bertz CT molecular complexity index is 579. The molecule has 0 aliphatic heterocycles. The summed E-state index contributed by atoms with van der Waals surface area (Å²) in [5, 5.41) is 2.94. The van der Waals surface area contributed by atoms with Gasteiger partial charge in [0, 0.05) is 12.7 Å². The van der Waals surface area contributed by atoms with Gasteiger partial charge in [0.05, 0.1) is 5.56 Å². The van der Waals surface area contributed by atoms with Crippen LogP contribution in [-0.4, -0.2) is 4.98 Å². The van der Waals surface area contributed by atoms with E-state index in [9.17, 15) is 13.2 Å². The summed E-state index contributed by atoms with van der Waals surface area (Å²) >= 11 is 0. The van der Waals surface area contributed by atoms with E-state index in [2.05, 4.69) is 10.3 Å². The quantitative estimate of drug-likeness (QED) is 0.904. The zero-order valence-electron chi connectivity index (χ0n) is 11.0. The molecule has 0 saturated carbocycles. The van der Waals surface area contributed by atoms with Crippen molar-refractivity contribution in [3.63, 3.8) is 0 Å². The van der Waals surface area contributed by atoms with Crippen LogP contribution < -0.4 is 5.32 Å². The van der Waals surface area contributed by atoms with Crippen LogP contribution >= 0.6 is 0 Å². The lowest BCUT2D eigenvalue weighted by Gasteiger charge is -2.11. The molecule has 0 amide bonds. The molecule has 1 heterocycles. The van der Waals surface area contributed by atoms with Crippen molar-refractivity contribution < 1.29 is 13.2 Å². The van der Waals surface area contributed by atoms with E-state index in [1.54, 1.807) is 0 Å². The SMILES string of the molecule is CCc1ccccc1CNc1cc(C(F)(F)F)ccn1. The maximum Gasteiger partial charge on any atom is 0.416 e. The first-order valence-corrected chi connectivity index (χ1v) is 6.34. The van der Waals surface area contributed by atoms with Gasteiger partial charge in [-0.3, -0.25) is 0 Å². The summed E-state index contributed by atoms with van der Waals surface area (Å²) in [5.74, 6) is 0.228. The first-order chi connectivity index (χ1) is 9.50. The Labute approximate surface area is 115 Å². The molecule has 5 heteroatoms. The van der Waals surface area contributed by atoms with E-state index in [0.717, 1.165) is 30.3 Å². The lowest BCUT2D eigenvalue weighted by Crippen LogP contribution is -2.08. The molecule has 1 N–H and O–H groups in total. The van der Waals surface area contributed by atoms with Crippen LogP contribution in [0.4, 0.5) is 19.0 Å². The molecule has 106 valence electrons. The monoisotopic (exact) mass is 280 g/mol. The summed E-state index contributed by atoms with van der Waals surface area (Å²) in [6.07, 6.45) is -2.30. The summed E-state index contributed by atoms with van der Waals surface area (Å²) < 4.78 is 37.8. The molecular weight excluding hydrogens is 265 g/mol. The zero-order valence-corrected chi connectivity index (χ0v) is 11.0. The molecule has 0 unspecified atom stereocenters. The predicted molar refractivity (Wildman–Crippen MR) is 72.4 cm³/mol. The molecule has 1 aromatic heterocycles. The number of hydrogen-bond donors (Lipinski definition) is 1. The van der Waals surface area contributed by atoms with Crippen molar-refractivity contribution in [2.24, 2.45) is 0 Å². The Morgan fingerprint density at radius 1 is 1.10 bits per heavy atom. The fourth-order valence-electron chi connectivity index (χ4n) is 1.96. The molecule has 2 rings (SSSR count). The minimum atomic E-state index is -4.35. The van der Waals surface area contributed by atoms with Crippen LogP contribution in [0.2, 0.25) is 0 Å². The van der Waals surface area contributed by atoms with Gasteiger partial charge in [0.1, 0.15) is 5.82 Å². The van der Waals surface area contributed by atoms with Gasteiger partial charge in [-0.25, -0.2) is 4.98 Å². The maximum absolute atomic E-state index is 12.6. The van der Waals surface area contributed by atoms with E-state index in [1.807, 2.05) is 31.2 Å². The Hall–Kier alpha value is -2.04. The van der Waals surface area contributed by atoms with Gasteiger partial charge in [-0.2, -0.15) is 13.2 Å². The summed E-state index contributed by atoms with van der Waals surface area (Å²) in [6, 6.07) is 9.82. The van der Waals surface area contributed by atoms with E-state index < -0.39 is 11.7 Å². The molecule has 2 aromatic rings. The average molecular weight is 280 g/mol. The average Bonchev–Trinajstić information content (AvgIpc) is 2.45. The number of nitrogens with zero attached hydrogens (tertiary/aromatic N) is 1. The number of anilines is 1. The van der Waals surface area contributed by atoms with Crippen LogP contribution in [-0.2, 0) is 19.1 Å². The Morgan fingerprint density at radius 2 is 1.80 bits per heavy atom. The van der Waals surface area contributed by atoms with Gasteiger partial charge < -0.3 is 5.32 Å². The van der Waals surface area contributed by atoms with Gasteiger partial charge in [0.2, 0.25) is 0 Å².